The number of benzene rings is 3. The van der Waals surface area contributed by atoms with Crippen LogP contribution in [0.4, 0.5) is 11.4 Å². The first kappa shape index (κ1) is 22.0. The SMILES string of the molecule is CC1(C)CC(=O)C2=C(C1)Nc1ccccc1N(CCc1ccccc1)C2c1cccc(Br)c1. The van der Waals surface area contributed by atoms with Crippen LogP contribution in [0.25, 0.3) is 0 Å². The maximum Gasteiger partial charge on any atom is 0.163 e. The van der Waals surface area contributed by atoms with Crippen LogP contribution < -0.4 is 10.2 Å². The summed E-state index contributed by atoms with van der Waals surface area (Å²) in [6, 6.07) is 27.3. The van der Waals surface area contributed by atoms with Gasteiger partial charge in [0.25, 0.3) is 0 Å². The van der Waals surface area contributed by atoms with Crippen molar-refractivity contribution < 1.29 is 4.79 Å². The summed E-state index contributed by atoms with van der Waals surface area (Å²) in [7, 11) is 0. The number of carbonyl (C=O) groups is 1. The molecule has 0 spiro atoms. The van der Waals surface area contributed by atoms with Gasteiger partial charge in [-0.15, -0.1) is 0 Å². The molecule has 1 atom stereocenters. The van der Waals surface area contributed by atoms with Crippen LogP contribution in [0.3, 0.4) is 0 Å². The number of ketones is 1. The van der Waals surface area contributed by atoms with Gasteiger partial charge >= 0.3 is 0 Å². The minimum Gasteiger partial charge on any atom is -0.358 e. The Balaban J connectivity index is 1.68. The van der Waals surface area contributed by atoms with Crippen LogP contribution in [-0.2, 0) is 11.2 Å². The number of rotatable bonds is 4. The standard InChI is InChI=1S/C29H29BrN2O/c1-29(2)18-24-27(26(33)19-29)28(21-11-8-12-22(30)17-21)32(16-15-20-9-4-3-5-10-20)25-14-7-6-13-23(25)31-24/h3-14,17,28,31H,15-16,18-19H2,1-2H3. The van der Waals surface area contributed by atoms with Crippen LogP contribution in [0.5, 0.6) is 0 Å². The molecule has 33 heavy (non-hydrogen) atoms. The van der Waals surface area contributed by atoms with Crippen molar-refractivity contribution in [3.63, 3.8) is 0 Å². The summed E-state index contributed by atoms with van der Waals surface area (Å²) in [5, 5.41) is 3.70. The lowest BCUT2D eigenvalue weighted by Gasteiger charge is -2.38. The number of carbonyl (C=O) groups excluding carboxylic acids is 1. The van der Waals surface area contributed by atoms with E-state index in [-0.39, 0.29) is 17.2 Å². The summed E-state index contributed by atoms with van der Waals surface area (Å²) in [5.41, 5.74) is 6.56. The maximum absolute atomic E-state index is 13.7. The zero-order chi connectivity index (χ0) is 23.0. The first-order valence-corrected chi connectivity index (χ1v) is 12.4. The van der Waals surface area contributed by atoms with E-state index in [2.05, 4.69) is 113 Å². The maximum atomic E-state index is 13.7. The van der Waals surface area contributed by atoms with Crippen molar-refractivity contribution in [3.8, 4) is 0 Å². The lowest BCUT2D eigenvalue weighted by molar-refractivity contribution is -0.118. The molecule has 0 saturated carbocycles. The third-order valence-electron chi connectivity index (χ3n) is 6.65. The van der Waals surface area contributed by atoms with Gasteiger partial charge in [-0.25, -0.2) is 0 Å². The monoisotopic (exact) mass is 500 g/mol. The largest absolute Gasteiger partial charge is 0.358 e. The van der Waals surface area contributed by atoms with E-state index in [1.165, 1.54) is 5.56 Å². The molecule has 1 aliphatic heterocycles. The highest BCUT2D eigenvalue weighted by Gasteiger charge is 2.41. The molecule has 2 aliphatic rings. The number of para-hydroxylation sites is 2. The van der Waals surface area contributed by atoms with Gasteiger partial charge in [0.05, 0.1) is 17.4 Å². The molecule has 0 saturated heterocycles. The Morgan fingerprint density at radius 1 is 0.970 bits per heavy atom. The predicted molar refractivity (Wildman–Crippen MR) is 139 cm³/mol. The van der Waals surface area contributed by atoms with Gasteiger partial charge in [-0.05, 0) is 53.6 Å². The number of allylic oxidation sites excluding steroid dienone is 1. The molecular formula is C29H29BrN2O. The van der Waals surface area contributed by atoms with E-state index in [9.17, 15) is 4.79 Å². The Bertz CT molecular complexity index is 1220. The van der Waals surface area contributed by atoms with E-state index in [0.717, 1.165) is 52.1 Å². The highest BCUT2D eigenvalue weighted by atomic mass is 79.9. The Morgan fingerprint density at radius 2 is 1.73 bits per heavy atom. The van der Waals surface area contributed by atoms with Crippen LogP contribution in [-0.4, -0.2) is 12.3 Å². The number of nitrogens with zero attached hydrogens (tertiary/aromatic N) is 1. The fourth-order valence-corrected chi connectivity index (χ4v) is 5.63. The molecule has 3 aromatic rings. The zero-order valence-electron chi connectivity index (χ0n) is 19.1. The van der Waals surface area contributed by atoms with Crippen molar-refractivity contribution in [3.05, 3.63) is 106 Å². The van der Waals surface area contributed by atoms with Crippen LogP contribution in [0.2, 0.25) is 0 Å². The average molecular weight is 501 g/mol. The number of nitrogens with one attached hydrogen (secondary N) is 1. The Hall–Kier alpha value is -2.85. The van der Waals surface area contributed by atoms with Gasteiger partial charge in [-0.1, -0.05) is 84.4 Å². The predicted octanol–water partition coefficient (Wildman–Crippen LogP) is 7.31. The van der Waals surface area contributed by atoms with Crippen molar-refractivity contribution in [2.75, 3.05) is 16.8 Å². The highest BCUT2D eigenvalue weighted by Crippen LogP contribution is 2.48. The molecule has 0 aromatic heterocycles. The second-order valence-corrected chi connectivity index (χ2v) is 10.8. The van der Waals surface area contributed by atoms with Crippen molar-refractivity contribution in [1.29, 1.82) is 0 Å². The second kappa shape index (κ2) is 8.83. The molecule has 3 aromatic carbocycles. The van der Waals surface area contributed by atoms with Crippen LogP contribution in [0, 0.1) is 5.41 Å². The van der Waals surface area contributed by atoms with Gasteiger partial charge in [-0.2, -0.15) is 0 Å². The Kier molecular flexibility index (Phi) is 5.88. The molecule has 0 amide bonds. The van der Waals surface area contributed by atoms with Crippen molar-refractivity contribution in [2.45, 2.75) is 39.2 Å². The van der Waals surface area contributed by atoms with Gasteiger partial charge in [0.1, 0.15) is 0 Å². The molecule has 4 heteroatoms. The molecule has 168 valence electrons. The molecule has 0 fully saturated rings. The smallest absolute Gasteiger partial charge is 0.163 e. The van der Waals surface area contributed by atoms with Crippen molar-refractivity contribution in [2.24, 2.45) is 5.41 Å². The number of hydrogen-bond donors (Lipinski definition) is 1. The minimum absolute atomic E-state index is 0.0567. The van der Waals surface area contributed by atoms with Gasteiger partial charge < -0.3 is 10.2 Å². The van der Waals surface area contributed by atoms with E-state index in [1.807, 2.05) is 6.07 Å². The normalized spacial score (nSPS) is 19.4. The lowest BCUT2D eigenvalue weighted by Crippen LogP contribution is -2.37. The van der Waals surface area contributed by atoms with Crippen LogP contribution >= 0.6 is 15.9 Å². The number of anilines is 2. The van der Waals surface area contributed by atoms with E-state index < -0.39 is 0 Å². The number of halogens is 1. The molecule has 0 radical (unpaired) electrons. The second-order valence-electron chi connectivity index (χ2n) is 9.86. The van der Waals surface area contributed by atoms with E-state index in [4.69, 9.17) is 0 Å². The first-order chi connectivity index (χ1) is 15.9. The van der Waals surface area contributed by atoms with E-state index >= 15 is 0 Å². The summed E-state index contributed by atoms with van der Waals surface area (Å²) in [4.78, 5) is 16.1. The molecule has 5 rings (SSSR count). The average Bonchev–Trinajstić information content (AvgIpc) is 2.92. The fraction of sp³-hybridized carbons (Fsp3) is 0.276. The molecule has 0 bridgehead atoms. The molecule has 1 unspecified atom stereocenters. The Morgan fingerprint density at radius 3 is 2.52 bits per heavy atom. The third kappa shape index (κ3) is 4.49. The summed E-state index contributed by atoms with van der Waals surface area (Å²) < 4.78 is 1.03. The summed E-state index contributed by atoms with van der Waals surface area (Å²) in [6.45, 7) is 5.19. The summed E-state index contributed by atoms with van der Waals surface area (Å²) in [5.74, 6) is 0.247. The Labute approximate surface area is 204 Å². The van der Waals surface area contributed by atoms with Gasteiger partial charge in [0.15, 0.2) is 5.78 Å². The highest BCUT2D eigenvalue weighted by molar-refractivity contribution is 9.10. The molecular weight excluding hydrogens is 472 g/mol. The quantitative estimate of drug-likeness (QED) is 0.407. The van der Waals surface area contributed by atoms with E-state index in [1.54, 1.807) is 0 Å². The minimum atomic E-state index is -0.138. The number of hydrogen-bond acceptors (Lipinski definition) is 3. The van der Waals surface area contributed by atoms with Gasteiger partial charge in [0, 0.05) is 28.7 Å². The molecule has 3 nitrogen and oxygen atoms in total. The van der Waals surface area contributed by atoms with Gasteiger partial charge in [0.2, 0.25) is 0 Å². The van der Waals surface area contributed by atoms with Crippen molar-refractivity contribution in [1.82, 2.24) is 0 Å². The third-order valence-corrected chi connectivity index (χ3v) is 7.15. The van der Waals surface area contributed by atoms with Crippen LogP contribution in [0.15, 0.2) is 94.6 Å². The molecule has 1 aliphatic carbocycles. The van der Waals surface area contributed by atoms with Gasteiger partial charge in [-0.3, -0.25) is 4.79 Å². The zero-order valence-corrected chi connectivity index (χ0v) is 20.7. The lowest BCUT2D eigenvalue weighted by atomic mass is 9.73. The van der Waals surface area contributed by atoms with Crippen molar-refractivity contribution >= 4 is 33.1 Å². The van der Waals surface area contributed by atoms with E-state index in [0.29, 0.717) is 6.42 Å². The number of Topliss-reactive ketones (excluding diaryl/α,β-unsaturated/α-hetero) is 1. The fourth-order valence-electron chi connectivity index (χ4n) is 5.22. The first-order valence-electron chi connectivity index (χ1n) is 11.6. The summed E-state index contributed by atoms with van der Waals surface area (Å²) in [6.07, 6.45) is 2.34. The summed E-state index contributed by atoms with van der Waals surface area (Å²) >= 11 is 3.66. The number of fused-ring (bicyclic) bond motifs is 1. The van der Waals surface area contributed by atoms with Crippen LogP contribution in [0.1, 0.15) is 43.9 Å². The topological polar surface area (TPSA) is 32.3 Å². The molecule has 1 N–H and O–H groups in total. The molecule has 1 heterocycles.